The van der Waals surface area contributed by atoms with Gasteiger partial charge >= 0.3 is 0 Å². The third-order valence-corrected chi connectivity index (χ3v) is 6.13. The van der Waals surface area contributed by atoms with Crippen LogP contribution >= 0.6 is 11.3 Å². The average Bonchev–Trinajstić information content (AvgIpc) is 2.71. The third kappa shape index (κ3) is 4.80. The molecule has 0 amide bonds. The summed E-state index contributed by atoms with van der Waals surface area (Å²) >= 11 is 1.70. The third-order valence-electron chi connectivity index (χ3n) is 3.00. The Balaban J connectivity index is 2.69. The van der Waals surface area contributed by atoms with Crippen LogP contribution in [0.3, 0.4) is 0 Å². The molecule has 1 heterocycles. The molecule has 1 atom stereocenters. The smallest absolute Gasteiger partial charge is 0.212 e. The van der Waals surface area contributed by atoms with Gasteiger partial charge in [-0.05, 0) is 20.9 Å². The fourth-order valence-corrected chi connectivity index (χ4v) is 3.48. The van der Waals surface area contributed by atoms with Crippen molar-refractivity contribution in [2.45, 2.75) is 46.1 Å². The van der Waals surface area contributed by atoms with Gasteiger partial charge in [0.05, 0.1) is 16.5 Å². The van der Waals surface area contributed by atoms with Gasteiger partial charge in [-0.15, -0.1) is 11.3 Å². The molecular formula is C13H25N3O2S2. The largest absolute Gasteiger partial charge is 0.308 e. The molecule has 0 fully saturated rings. The van der Waals surface area contributed by atoms with E-state index in [1.165, 1.54) is 11.9 Å². The van der Waals surface area contributed by atoms with Crippen LogP contribution in [0, 0.1) is 6.92 Å². The molecule has 20 heavy (non-hydrogen) atoms. The summed E-state index contributed by atoms with van der Waals surface area (Å²) in [6.45, 7) is 10.9. The first-order valence-electron chi connectivity index (χ1n) is 6.69. The molecule has 0 spiro atoms. The highest BCUT2D eigenvalue weighted by atomic mass is 32.2. The van der Waals surface area contributed by atoms with E-state index in [1.807, 2.05) is 13.8 Å². The van der Waals surface area contributed by atoms with Gasteiger partial charge in [0.1, 0.15) is 0 Å². The number of nitrogens with zero attached hydrogens (tertiary/aromatic N) is 1. The van der Waals surface area contributed by atoms with Gasteiger partial charge in [0.2, 0.25) is 10.0 Å². The van der Waals surface area contributed by atoms with Crippen LogP contribution in [0.15, 0.2) is 0 Å². The Morgan fingerprint density at radius 1 is 1.35 bits per heavy atom. The first-order valence-corrected chi connectivity index (χ1v) is 9.16. The Kier molecular flexibility index (Phi) is 5.71. The van der Waals surface area contributed by atoms with Crippen molar-refractivity contribution in [2.24, 2.45) is 0 Å². The summed E-state index contributed by atoms with van der Waals surface area (Å²) in [6, 6.07) is 0.107. The molecule has 0 radical (unpaired) electrons. The van der Waals surface area contributed by atoms with Crippen LogP contribution in [0.4, 0.5) is 0 Å². The van der Waals surface area contributed by atoms with Crippen LogP contribution in [0.2, 0.25) is 0 Å². The van der Waals surface area contributed by atoms with Crippen molar-refractivity contribution in [1.29, 1.82) is 0 Å². The maximum atomic E-state index is 11.4. The molecule has 0 aromatic carbocycles. The Morgan fingerprint density at radius 2 is 1.95 bits per heavy atom. The minimum absolute atomic E-state index is 0.0445. The molecule has 0 saturated heterocycles. The lowest BCUT2D eigenvalue weighted by molar-refractivity contribution is 0.568. The van der Waals surface area contributed by atoms with E-state index in [0.717, 1.165) is 10.7 Å². The molecule has 116 valence electrons. The molecule has 1 aromatic heterocycles. The second-order valence-corrected chi connectivity index (χ2v) is 8.99. The highest BCUT2D eigenvalue weighted by molar-refractivity contribution is 7.89. The van der Waals surface area contributed by atoms with E-state index in [0.29, 0.717) is 6.54 Å². The Labute approximate surface area is 126 Å². The molecule has 0 aliphatic carbocycles. The summed E-state index contributed by atoms with van der Waals surface area (Å²) in [5, 5.41) is 4.36. The monoisotopic (exact) mass is 319 g/mol. The van der Waals surface area contributed by atoms with Gasteiger partial charge in [0.15, 0.2) is 0 Å². The fourth-order valence-electron chi connectivity index (χ4n) is 1.74. The zero-order valence-electron chi connectivity index (χ0n) is 13.1. The van der Waals surface area contributed by atoms with Gasteiger partial charge < -0.3 is 5.32 Å². The van der Waals surface area contributed by atoms with Gasteiger partial charge in [-0.25, -0.2) is 18.1 Å². The van der Waals surface area contributed by atoms with Gasteiger partial charge in [0, 0.05) is 22.9 Å². The predicted molar refractivity (Wildman–Crippen MR) is 84.8 cm³/mol. The summed E-state index contributed by atoms with van der Waals surface area (Å²) in [7, 11) is -1.72. The van der Waals surface area contributed by atoms with E-state index < -0.39 is 10.0 Å². The number of thiazole rings is 1. The summed E-state index contributed by atoms with van der Waals surface area (Å²) in [5.74, 6) is 0.0812. The van der Waals surface area contributed by atoms with Crippen LogP contribution in [0.25, 0.3) is 0 Å². The number of nitrogens with one attached hydrogen (secondary N) is 2. The number of aryl methyl sites for hydroxylation is 1. The van der Waals surface area contributed by atoms with E-state index in [-0.39, 0.29) is 17.2 Å². The number of rotatable bonds is 6. The molecule has 1 rings (SSSR count). The molecule has 0 saturated carbocycles. The molecule has 1 aromatic rings. The van der Waals surface area contributed by atoms with Gasteiger partial charge in [-0.2, -0.15) is 0 Å². The van der Waals surface area contributed by atoms with E-state index in [4.69, 9.17) is 0 Å². The van der Waals surface area contributed by atoms with Crippen molar-refractivity contribution in [3.63, 3.8) is 0 Å². The molecule has 5 nitrogen and oxygen atoms in total. The van der Waals surface area contributed by atoms with Crippen molar-refractivity contribution in [2.75, 3.05) is 19.3 Å². The van der Waals surface area contributed by atoms with Gasteiger partial charge in [-0.3, -0.25) is 0 Å². The molecule has 0 aliphatic rings. The van der Waals surface area contributed by atoms with E-state index >= 15 is 0 Å². The lowest BCUT2D eigenvalue weighted by Crippen LogP contribution is -2.30. The quantitative estimate of drug-likeness (QED) is 0.841. The number of aromatic nitrogens is 1. The number of hydrogen-bond donors (Lipinski definition) is 2. The molecular weight excluding hydrogens is 294 g/mol. The van der Waals surface area contributed by atoms with Gasteiger partial charge in [0.25, 0.3) is 0 Å². The van der Waals surface area contributed by atoms with Crippen LogP contribution in [0.5, 0.6) is 0 Å². The SMILES string of the molecule is CNS(=O)(=O)CCNC(C)c1sc(C(C)(C)C)nc1C. The first-order chi connectivity index (χ1) is 9.07. The molecule has 0 aliphatic heterocycles. The predicted octanol–water partition coefficient (Wildman–Crippen LogP) is 1.95. The van der Waals surface area contributed by atoms with Gasteiger partial charge in [-0.1, -0.05) is 20.8 Å². The maximum Gasteiger partial charge on any atom is 0.212 e. The van der Waals surface area contributed by atoms with E-state index in [2.05, 4.69) is 35.8 Å². The highest BCUT2D eigenvalue weighted by Gasteiger charge is 2.22. The van der Waals surface area contributed by atoms with Crippen molar-refractivity contribution in [1.82, 2.24) is 15.0 Å². The second-order valence-electron chi connectivity index (χ2n) is 5.92. The normalized spacial score (nSPS) is 14.5. The Morgan fingerprint density at radius 3 is 2.40 bits per heavy atom. The maximum absolute atomic E-state index is 11.4. The topological polar surface area (TPSA) is 71.1 Å². The lowest BCUT2D eigenvalue weighted by atomic mass is 9.98. The summed E-state index contributed by atoms with van der Waals surface area (Å²) in [4.78, 5) is 5.80. The van der Waals surface area contributed by atoms with Crippen LogP contribution in [0.1, 0.15) is 49.3 Å². The summed E-state index contributed by atoms with van der Waals surface area (Å²) in [5.41, 5.74) is 1.07. The molecule has 1 unspecified atom stereocenters. The van der Waals surface area contributed by atoms with Crippen molar-refractivity contribution >= 4 is 21.4 Å². The first kappa shape index (κ1) is 17.6. The zero-order chi connectivity index (χ0) is 15.6. The standard InChI is InChI=1S/C13H25N3O2S2/c1-9(15-7-8-20(17,18)14-6)11-10(2)16-12(19-11)13(3,4)5/h9,14-15H,7-8H2,1-6H3. The van der Waals surface area contributed by atoms with Crippen molar-refractivity contribution < 1.29 is 8.42 Å². The molecule has 7 heteroatoms. The molecule has 0 bridgehead atoms. The van der Waals surface area contributed by atoms with Crippen molar-refractivity contribution in [3.05, 3.63) is 15.6 Å². The van der Waals surface area contributed by atoms with Crippen LogP contribution < -0.4 is 10.0 Å². The fraction of sp³-hybridized carbons (Fsp3) is 0.769. The van der Waals surface area contributed by atoms with Crippen molar-refractivity contribution in [3.8, 4) is 0 Å². The number of hydrogen-bond acceptors (Lipinski definition) is 5. The second kappa shape index (κ2) is 6.51. The Hall–Kier alpha value is -0.500. The minimum atomic E-state index is -3.15. The average molecular weight is 319 g/mol. The Bertz CT molecular complexity index is 544. The minimum Gasteiger partial charge on any atom is -0.308 e. The zero-order valence-corrected chi connectivity index (χ0v) is 14.7. The van der Waals surface area contributed by atoms with Crippen LogP contribution in [-0.4, -0.2) is 32.7 Å². The highest BCUT2D eigenvalue weighted by Crippen LogP contribution is 2.32. The summed E-state index contributed by atoms with van der Waals surface area (Å²) < 4.78 is 25.0. The summed E-state index contributed by atoms with van der Waals surface area (Å²) in [6.07, 6.45) is 0. The van der Waals surface area contributed by atoms with E-state index in [1.54, 1.807) is 11.3 Å². The van der Waals surface area contributed by atoms with E-state index in [9.17, 15) is 8.42 Å². The lowest BCUT2D eigenvalue weighted by Gasteiger charge is -2.14. The van der Waals surface area contributed by atoms with Crippen LogP contribution in [-0.2, 0) is 15.4 Å². The number of sulfonamides is 1. The molecule has 2 N–H and O–H groups in total.